The van der Waals surface area contributed by atoms with Crippen molar-refractivity contribution in [3.05, 3.63) is 43.8 Å². The lowest BCUT2D eigenvalue weighted by Gasteiger charge is -2.48. The third-order valence-corrected chi connectivity index (χ3v) is 8.04. The van der Waals surface area contributed by atoms with E-state index in [1.165, 1.54) is 7.11 Å². The first kappa shape index (κ1) is 28.1. The number of methoxy groups -OCH3 is 1. The fourth-order valence-electron chi connectivity index (χ4n) is 5.89. The Morgan fingerprint density at radius 2 is 1.47 bits per heavy atom. The molecule has 1 aliphatic heterocycles. The summed E-state index contributed by atoms with van der Waals surface area (Å²) in [5, 5.41) is 18.9. The van der Waals surface area contributed by atoms with E-state index in [1.54, 1.807) is 17.0 Å². The molecule has 0 saturated heterocycles. The molecule has 0 unspecified atom stereocenters. The Labute approximate surface area is 235 Å². The van der Waals surface area contributed by atoms with Crippen LogP contribution >= 0.6 is 22.6 Å². The second-order valence-corrected chi connectivity index (χ2v) is 12.9. The van der Waals surface area contributed by atoms with Crippen molar-refractivity contribution in [2.75, 3.05) is 20.3 Å². The smallest absolute Gasteiger partial charge is 0.341 e. The average Bonchev–Trinajstić information content (AvgIpc) is 2.76. The lowest BCUT2D eigenvalue weighted by molar-refractivity contribution is -0.139. The van der Waals surface area contributed by atoms with Gasteiger partial charge in [-0.05, 0) is 64.0 Å². The second-order valence-electron chi connectivity index (χ2n) is 11.7. The number of carbonyl (C=O) groups excluding carboxylic acids is 2. The third kappa shape index (κ3) is 5.32. The maximum Gasteiger partial charge on any atom is 0.341 e. The molecule has 0 spiro atoms. The molecule has 0 atom stereocenters. The van der Waals surface area contributed by atoms with Crippen LogP contribution in [0, 0.1) is 14.4 Å². The largest absolute Gasteiger partial charge is 0.493 e. The van der Waals surface area contributed by atoms with Crippen molar-refractivity contribution in [2.45, 2.75) is 59.3 Å². The minimum Gasteiger partial charge on any atom is -0.493 e. The lowest BCUT2D eigenvalue weighted by atomic mass is 9.63. The van der Waals surface area contributed by atoms with Crippen LogP contribution in [0.15, 0.2) is 34.7 Å². The summed E-state index contributed by atoms with van der Waals surface area (Å²) in [5.41, 5.74) is 2.12. The summed E-state index contributed by atoms with van der Waals surface area (Å²) < 4.78 is 11.6. The Kier molecular flexibility index (Phi) is 7.41. The number of rotatable bonds is 7. The van der Waals surface area contributed by atoms with E-state index >= 15 is 0 Å². The van der Waals surface area contributed by atoms with Gasteiger partial charge in [0.05, 0.1) is 10.7 Å². The molecule has 0 aromatic heterocycles. The number of ketones is 2. The molecule has 1 aromatic rings. The highest BCUT2D eigenvalue weighted by Crippen LogP contribution is 2.55. The van der Waals surface area contributed by atoms with Crippen LogP contribution in [-0.2, 0) is 19.2 Å². The number of Topliss-reactive ketones (excluding diaryl/α,β-unsaturated/α-hetero) is 2. The van der Waals surface area contributed by atoms with E-state index < -0.39 is 24.5 Å². The van der Waals surface area contributed by atoms with Crippen LogP contribution in [0.25, 0.3) is 0 Å². The molecule has 9 nitrogen and oxygen atoms in total. The van der Waals surface area contributed by atoms with Gasteiger partial charge < -0.3 is 24.6 Å². The number of allylic oxidation sites excluding steroid dienone is 4. The molecule has 1 heterocycles. The second kappa shape index (κ2) is 10.0. The summed E-state index contributed by atoms with van der Waals surface area (Å²) in [5.74, 6) is -2.52. The highest BCUT2D eigenvalue weighted by atomic mass is 127. The molecule has 2 aliphatic carbocycles. The lowest BCUT2D eigenvalue weighted by Crippen LogP contribution is -2.45. The standard InChI is InChI=1S/C28H32INO8/c1-27(2)8-16-24(18(31)10-27)23(14-6-15(29)26(20(7-14)37-5)38-13-22(35)36)25-17(30(16)12-21(33)34)9-28(3,4)11-19(25)32/h6-7,23H,8-13H2,1-5H3,(H,33,34)(H,35,36). The minimum absolute atomic E-state index is 0.110. The van der Waals surface area contributed by atoms with E-state index in [0.29, 0.717) is 44.5 Å². The van der Waals surface area contributed by atoms with Crippen molar-refractivity contribution in [1.29, 1.82) is 0 Å². The van der Waals surface area contributed by atoms with Crippen LogP contribution in [0.1, 0.15) is 64.9 Å². The minimum atomic E-state index is -1.13. The predicted octanol–water partition coefficient (Wildman–Crippen LogP) is 4.53. The molecule has 4 rings (SSSR count). The first-order valence-corrected chi connectivity index (χ1v) is 13.5. The molecule has 0 radical (unpaired) electrons. The first-order chi connectivity index (χ1) is 17.6. The van der Waals surface area contributed by atoms with Crippen molar-refractivity contribution < 1.29 is 38.9 Å². The van der Waals surface area contributed by atoms with E-state index in [0.717, 1.165) is 0 Å². The van der Waals surface area contributed by atoms with Crippen molar-refractivity contribution in [3.63, 3.8) is 0 Å². The normalized spacial score (nSPS) is 20.7. The van der Waals surface area contributed by atoms with Crippen LogP contribution < -0.4 is 9.47 Å². The van der Waals surface area contributed by atoms with Crippen molar-refractivity contribution in [2.24, 2.45) is 10.8 Å². The summed E-state index contributed by atoms with van der Waals surface area (Å²) in [6.45, 7) is 7.07. The van der Waals surface area contributed by atoms with E-state index in [9.17, 15) is 24.3 Å². The average molecular weight is 637 g/mol. The Morgan fingerprint density at radius 1 is 0.947 bits per heavy atom. The van der Waals surface area contributed by atoms with Crippen LogP contribution in [0.5, 0.6) is 11.5 Å². The van der Waals surface area contributed by atoms with E-state index in [-0.39, 0.29) is 53.3 Å². The Hall–Kier alpha value is -2.89. The molecule has 3 aliphatic rings. The number of carboxylic acids is 2. The molecular formula is C28H32INO8. The molecule has 0 fully saturated rings. The number of hydrogen-bond acceptors (Lipinski definition) is 7. The monoisotopic (exact) mass is 637 g/mol. The van der Waals surface area contributed by atoms with Gasteiger partial charge in [-0.2, -0.15) is 0 Å². The number of carbonyl (C=O) groups is 4. The van der Waals surface area contributed by atoms with Crippen LogP contribution in [0.3, 0.4) is 0 Å². The van der Waals surface area contributed by atoms with Crippen molar-refractivity contribution in [3.8, 4) is 11.5 Å². The van der Waals surface area contributed by atoms with Gasteiger partial charge in [0.25, 0.3) is 0 Å². The summed E-state index contributed by atoms with van der Waals surface area (Å²) in [6.07, 6.45) is 1.55. The number of nitrogens with zero attached hydrogens (tertiary/aromatic N) is 1. The Bertz CT molecular complexity index is 1250. The van der Waals surface area contributed by atoms with Crippen LogP contribution in [0.4, 0.5) is 0 Å². The zero-order valence-corrected chi connectivity index (χ0v) is 24.3. The van der Waals surface area contributed by atoms with Gasteiger partial charge in [0.15, 0.2) is 29.7 Å². The molecule has 0 bridgehead atoms. The van der Waals surface area contributed by atoms with Gasteiger partial charge in [-0.15, -0.1) is 0 Å². The molecule has 10 heteroatoms. The molecule has 2 N–H and O–H groups in total. The predicted molar refractivity (Wildman–Crippen MR) is 146 cm³/mol. The molecule has 1 aromatic carbocycles. The molecule has 0 amide bonds. The maximum absolute atomic E-state index is 13.8. The number of benzene rings is 1. The summed E-state index contributed by atoms with van der Waals surface area (Å²) in [6, 6.07) is 3.47. The topological polar surface area (TPSA) is 130 Å². The highest BCUT2D eigenvalue weighted by Gasteiger charge is 2.49. The summed E-state index contributed by atoms with van der Waals surface area (Å²) in [4.78, 5) is 52.3. The van der Waals surface area contributed by atoms with Crippen molar-refractivity contribution in [1.82, 2.24) is 4.90 Å². The van der Waals surface area contributed by atoms with Crippen LogP contribution in [-0.4, -0.2) is 58.9 Å². The molecule has 38 heavy (non-hydrogen) atoms. The fraction of sp³-hybridized carbons (Fsp3) is 0.500. The van der Waals surface area contributed by atoms with Crippen molar-refractivity contribution >= 4 is 46.1 Å². The summed E-state index contributed by atoms with van der Waals surface area (Å²) >= 11 is 2.03. The third-order valence-electron chi connectivity index (χ3n) is 7.24. The first-order valence-electron chi connectivity index (χ1n) is 12.4. The zero-order chi connectivity index (χ0) is 28.2. The number of ether oxygens (including phenoxy) is 2. The fourth-order valence-corrected chi connectivity index (χ4v) is 6.67. The maximum atomic E-state index is 13.8. The van der Waals surface area contributed by atoms with Gasteiger partial charge in [-0.3, -0.25) is 14.4 Å². The molecule has 0 saturated carbocycles. The molecular weight excluding hydrogens is 605 g/mol. The number of carboxylic acid groups (broad SMARTS) is 2. The summed E-state index contributed by atoms with van der Waals surface area (Å²) in [7, 11) is 1.44. The number of halogens is 1. The van der Waals surface area contributed by atoms with E-state index in [1.807, 2.05) is 50.3 Å². The van der Waals surface area contributed by atoms with Crippen LogP contribution in [0.2, 0.25) is 0 Å². The zero-order valence-electron chi connectivity index (χ0n) is 22.1. The van der Waals surface area contributed by atoms with Gasteiger partial charge in [0, 0.05) is 41.3 Å². The SMILES string of the molecule is COc1cc(C2C3=C(CC(C)(C)CC3=O)N(CC(=O)O)C3=C2C(=O)CC(C)(C)C3)cc(I)c1OCC(=O)O. The quantitative estimate of drug-likeness (QED) is 0.414. The van der Waals surface area contributed by atoms with E-state index in [4.69, 9.17) is 14.6 Å². The number of aliphatic carboxylic acids is 2. The molecule has 204 valence electrons. The van der Waals surface area contributed by atoms with Gasteiger partial charge in [0.2, 0.25) is 0 Å². The van der Waals surface area contributed by atoms with Gasteiger partial charge in [-0.1, -0.05) is 27.7 Å². The Morgan fingerprint density at radius 3 is 1.92 bits per heavy atom. The van der Waals surface area contributed by atoms with Gasteiger partial charge in [-0.25, -0.2) is 4.79 Å². The van der Waals surface area contributed by atoms with Gasteiger partial charge >= 0.3 is 11.9 Å². The number of hydrogen-bond donors (Lipinski definition) is 2. The van der Waals surface area contributed by atoms with E-state index in [2.05, 4.69) is 0 Å². The van der Waals surface area contributed by atoms with Gasteiger partial charge in [0.1, 0.15) is 6.54 Å². The Balaban J connectivity index is 1.99. The highest BCUT2D eigenvalue weighted by molar-refractivity contribution is 14.1.